The van der Waals surface area contributed by atoms with E-state index >= 15 is 0 Å². The average Bonchev–Trinajstić information content (AvgIpc) is 3.20. The first-order valence-corrected chi connectivity index (χ1v) is 23.0. The molecule has 7 rings (SSSR count). The third-order valence-corrected chi connectivity index (χ3v) is 16.9. The van der Waals surface area contributed by atoms with Gasteiger partial charge >= 0.3 is 276 Å². The van der Waals surface area contributed by atoms with Gasteiger partial charge in [-0.3, -0.25) is 4.98 Å². The molecule has 0 saturated carbocycles. The minimum Gasteiger partial charge on any atom is -0.265 e. The van der Waals surface area contributed by atoms with Gasteiger partial charge in [0.15, 0.2) is 0 Å². The molecule has 0 aliphatic carbocycles. The van der Waals surface area contributed by atoms with E-state index in [0.717, 1.165) is 0 Å². The zero-order valence-corrected chi connectivity index (χ0v) is 32.6. The van der Waals surface area contributed by atoms with Crippen LogP contribution in [0, 0.1) is 6.65 Å². The van der Waals surface area contributed by atoms with Crippen LogP contribution in [0.2, 0.25) is 0 Å². The number of aromatic nitrogens is 1. The molecule has 0 amide bonds. The minimum absolute atomic E-state index is 1.39. The number of benzene rings is 6. The normalized spacial score (nSPS) is 9.56. The van der Waals surface area contributed by atoms with E-state index in [9.17, 15) is 0 Å². The van der Waals surface area contributed by atoms with Crippen LogP contribution in [-0.4, -0.2) is 34.3 Å². The molecule has 0 radical (unpaired) electrons. The third-order valence-electron chi connectivity index (χ3n) is 6.65. The molecule has 6 heteroatoms. The maximum atomic E-state index is 7.50. The summed E-state index contributed by atoms with van der Waals surface area (Å²) in [6.45, 7) is 4.50. The van der Waals surface area contributed by atoms with Crippen LogP contribution in [0.4, 0.5) is 0 Å². The van der Waals surface area contributed by atoms with Crippen LogP contribution >= 0.6 is 9.69 Å². The first-order valence-electron chi connectivity index (χ1n) is 15.0. The summed E-state index contributed by atoms with van der Waals surface area (Å²) in [4.78, 5) is 3.78. The van der Waals surface area contributed by atoms with Crippen molar-refractivity contribution in [1.29, 1.82) is 0 Å². The molecule has 0 aliphatic rings. The molecule has 1 heterocycles. The minimum atomic E-state index is -1.39. The smallest absolute Gasteiger partial charge is 0.0267 e. The van der Waals surface area contributed by atoms with Crippen LogP contribution in [0.3, 0.4) is 0 Å². The maximum absolute atomic E-state index is 7.50. The zero-order valence-electron chi connectivity index (χ0n) is 26.2. The van der Waals surface area contributed by atoms with Gasteiger partial charge in [-0.05, 0) is 12.1 Å². The van der Waals surface area contributed by atoms with Crippen molar-refractivity contribution in [2.45, 2.75) is 0 Å². The Morgan fingerprint density at radius 1 is 0.333 bits per heavy atom. The Labute approximate surface area is 308 Å². The number of halogens is 1. The SMILES string of the molecule is [C-]#[O+].[Cl][RuH].c1ccc([As](c2ccccc2)c2ccccc2)cc1.c1ccc([As](c2ccccc2)c2ccccc2)cc1.c1ccncc1. The Morgan fingerprint density at radius 2 is 0.500 bits per heavy atom. The number of nitrogens with zero attached hydrogens (tertiary/aromatic N) is 1. The fourth-order valence-corrected chi connectivity index (χ4v) is 14.3. The van der Waals surface area contributed by atoms with Crippen LogP contribution in [-0.2, 0) is 22.0 Å². The first-order chi connectivity index (χ1) is 23.9. The Hall–Kier alpha value is -3.76. The zero-order chi connectivity index (χ0) is 34.1. The van der Waals surface area contributed by atoms with E-state index in [0.29, 0.717) is 0 Å². The first kappa shape index (κ1) is 38.7. The van der Waals surface area contributed by atoms with Crippen LogP contribution < -0.4 is 26.1 Å². The Kier molecular flexibility index (Phi) is 19.7. The van der Waals surface area contributed by atoms with Crippen LogP contribution in [0.25, 0.3) is 0 Å². The van der Waals surface area contributed by atoms with Gasteiger partial charge in [0.2, 0.25) is 0 Å². The third kappa shape index (κ3) is 13.0. The van der Waals surface area contributed by atoms with Gasteiger partial charge in [0, 0.05) is 12.4 Å². The van der Waals surface area contributed by atoms with Crippen LogP contribution in [0.5, 0.6) is 0 Å². The molecule has 1 aromatic heterocycles. The average molecular weight is 857 g/mol. The van der Waals surface area contributed by atoms with E-state index in [1.165, 1.54) is 26.1 Å². The molecule has 0 bridgehead atoms. The molecular formula is C42H36As2ClNORu. The summed E-state index contributed by atoms with van der Waals surface area (Å²) in [5, 5.41) is 0. The molecule has 48 heavy (non-hydrogen) atoms. The second kappa shape index (κ2) is 24.4. The Balaban J connectivity index is 0.000000204. The topological polar surface area (TPSA) is 32.8 Å². The van der Waals surface area contributed by atoms with E-state index in [2.05, 4.69) is 203 Å². The number of hydrogen-bond acceptors (Lipinski definition) is 1. The van der Waals surface area contributed by atoms with Crippen molar-refractivity contribution in [1.82, 2.24) is 4.98 Å². The summed E-state index contributed by atoms with van der Waals surface area (Å²) in [6.07, 6.45) is 3.50. The Bertz CT molecular complexity index is 1450. The molecule has 0 fully saturated rings. The van der Waals surface area contributed by atoms with Crippen molar-refractivity contribution in [2.75, 3.05) is 0 Å². The molecule has 7 aromatic rings. The predicted octanol–water partition coefficient (Wildman–Crippen LogP) is 5.87. The van der Waals surface area contributed by atoms with E-state index in [1.54, 1.807) is 29.7 Å². The summed E-state index contributed by atoms with van der Waals surface area (Å²) < 4.78 is 16.4. The summed E-state index contributed by atoms with van der Waals surface area (Å²) in [5.41, 5.74) is 0. The van der Waals surface area contributed by atoms with Crippen LogP contribution in [0.15, 0.2) is 213 Å². The molecule has 0 unspecified atom stereocenters. The molecule has 0 spiro atoms. The van der Waals surface area contributed by atoms with Crippen molar-refractivity contribution in [2.24, 2.45) is 0 Å². The van der Waals surface area contributed by atoms with E-state index < -0.39 is 29.3 Å². The largest absolute Gasteiger partial charge is 0.265 e. The summed E-state index contributed by atoms with van der Waals surface area (Å²) >= 11 is -1.16. The standard InChI is InChI=1S/2C18H15As.C5H5N.CO.ClH.Ru.H/c2*1-4-10-16(11-5-1)19(17-12-6-2-7-13-17)18-14-8-3-9-15-18;1-2-4-6-5-3-1;1-2;;;/h2*1-15H;1-5H;;1H;;/q;;;;;+1;/p-1. The fourth-order valence-electron chi connectivity index (χ4n) is 4.67. The molecule has 0 N–H and O–H groups in total. The van der Waals surface area contributed by atoms with Gasteiger partial charge in [0.05, 0.1) is 0 Å². The number of rotatable bonds is 6. The number of hydrogen-bond donors (Lipinski definition) is 0. The van der Waals surface area contributed by atoms with Crippen molar-refractivity contribution in [3.8, 4) is 0 Å². The van der Waals surface area contributed by atoms with Crippen molar-refractivity contribution < 1.29 is 22.0 Å². The van der Waals surface area contributed by atoms with Crippen LogP contribution in [0.1, 0.15) is 0 Å². The molecule has 6 aromatic carbocycles. The van der Waals surface area contributed by atoms with Gasteiger partial charge in [0.25, 0.3) is 0 Å². The molecule has 2 nitrogen and oxygen atoms in total. The van der Waals surface area contributed by atoms with Crippen molar-refractivity contribution >= 4 is 65.1 Å². The van der Waals surface area contributed by atoms with Crippen molar-refractivity contribution in [3.05, 3.63) is 219 Å². The second-order valence-corrected chi connectivity index (χ2v) is 19.0. The van der Waals surface area contributed by atoms with Crippen molar-refractivity contribution in [3.63, 3.8) is 0 Å². The molecular weight excluding hydrogens is 821 g/mol. The van der Waals surface area contributed by atoms with Gasteiger partial charge in [-0.2, -0.15) is 0 Å². The second-order valence-electron chi connectivity index (χ2n) is 9.71. The molecule has 0 aliphatic heterocycles. The van der Waals surface area contributed by atoms with Gasteiger partial charge in [0.1, 0.15) is 0 Å². The number of pyridine rings is 1. The van der Waals surface area contributed by atoms with Gasteiger partial charge in [-0.1, -0.05) is 6.07 Å². The maximum Gasteiger partial charge on any atom is 0.0267 e. The summed E-state index contributed by atoms with van der Waals surface area (Å²) in [7, 11) is 4.61. The Morgan fingerprint density at radius 3 is 0.625 bits per heavy atom. The summed E-state index contributed by atoms with van der Waals surface area (Å²) in [6, 6.07) is 71.1. The van der Waals surface area contributed by atoms with E-state index in [-0.39, 0.29) is 0 Å². The molecule has 240 valence electrons. The molecule has 0 saturated heterocycles. The van der Waals surface area contributed by atoms with Gasteiger partial charge in [-0.25, -0.2) is 0 Å². The predicted molar refractivity (Wildman–Crippen MR) is 203 cm³/mol. The summed E-state index contributed by atoms with van der Waals surface area (Å²) in [5.74, 6) is 0. The van der Waals surface area contributed by atoms with E-state index in [1.807, 2.05) is 18.2 Å². The van der Waals surface area contributed by atoms with Gasteiger partial charge in [-0.15, -0.1) is 0 Å². The quantitative estimate of drug-likeness (QED) is 0.117. The molecule has 0 atom stereocenters. The fraction of sp³-hybridized carbons (Fsp3) is 0. The van der Waals surface area contributed by atoms with Gasteiger partial charge < -0.3 is 0 Å². The monoisotopic (exact) mass is 857 g/mol. The van der Waals surface area contributed by atoms with E-state index in [4.69, 9.17) is 4.65 Å².